The van der Waals surface area contributed by atoms with Crippen molar-refractivity contribution in [2.45, 2.75) is 30.7 Å². The Morgan fingerprint density at radius 2 is 1.91 bits per heavy atom. The number of hydrogen-bond donors (Lipinski definition) is 3. The maximum Gasteiger partial charge on any atom is 0.358 e. The lowest BCUT2D eigenvalue weighted by Gasteiger charge is -2.40. The van der Waals surface area contributed by atoms with Gasteiger partial charge in [0.05, 0.1) is 6.61 Å². The van der Waals surface area contributed by atoms with Gasteiger partial charge in [-0.3, -0.25) is 0 Å². The molecule has 0 spiro atoms. The van der Waals surface area contributed by atoms with E-state index in [1.54, 1.807) is 24.3 Å². The van der Waals surface area contributed by atoms with E-state index in [1.165, 1.54) is 7.11 Å². The summed E-state index contributed by atoms with van der Waals surface area (Å²) in [6.07, 6.45) is -5.85. The minimum atomic E-state index is -1.32. The fraction of sp³-hybridized carbons (Fsp3) is 0.500. The molecule has 0 aliphatic carbocycles. The Balaban J connectivity index is 2.03. The number of halogens is 1. The van der Waals surface area contributed by atoms with Crippen molar-refractivity contribution in [1.82, 2.24) is 0 Å². The molecular weight excluding hydrogens is 348 g/mol. The summed E-state index contributed by atoms with van der Waals surface area (Å²) in [6.45, 7) is -0.474. The molecule has 0 amide bonds. The zero-order valence-electron chi connectivity index (χ0n) is 12.2. The van der Waals surface area contributed by atoms with E-state index < -0.39 is 37.3 Å². The molecule has 0 aromatic heterocycles. The molecule has 1 aliphatic rings. The molecule has 1 saturated heterocycles. The average Bonchev–Trinajstić information content (AvgIpc) is 2.54. The normalized spacial score (nSPS) is 30.7. The van der Waals surface area contributed by atoms with E-state index >= 15 is 0 Å². The lowest BCUT2D eigenvalue weighted by Crippen LogP contribution is -2.60. The van der Waals surface area contributed by atoms with E-state index in [9.17, 15) is 15.3 Å². The van der Waals surface area contributed by atoms with E-state index in [1.807, 2.05) is 0 Å². The lowest BCUT2D eigenvalue weighted by molar-refractivity contribution is -0.292. The van der Waals surface area contributed by atoms with Crippen molar-refractivity contribution < 1.29 is 34.3 Å². The van der Waals surface area contributed by atoms with Crippen LogP contribution in [-0.2, 0) is 14.2 Å². The van der Waals surface area contributed by atoms with Gasteiger partial charge >= 0.3 is 5.24 Å². The number of methoxy groups -OCH3 is 1. The Hall–Kier alpha value is -1.00. The van der Waals surface area contributed by atoms with E-state index in [-0.39, 0.29) is 5.24 Å². The number of benzene rings is 1. The minimum Gasteiger partial charge on any atom is -0.447 e. The summed E-state index contributed by atoms with van der Waals surface area (Å²) >= 11 is 10.7. The number of thiocarbonyl (C=S) groups is 1. The van der Waals surface area contributed by atoms with Crippen molar-refractivity contribution in [3.63, 3.8) is 0 Å². The third-order valence-corrected chi connectivity index (χ3v) is 3.73. The first-order chi connectivity index (χ1) is 11.0. The van der Waals surface area contributed by atoms with E-state index in [0.717, 1.165) is 0 Å². The van der Waals surface area contributed by atoms with E-state index in [2.05, 4.69) is 0 Å². The van der Waals surface area contributed by atoms with Gasteiger partial charge in [0, 0.05) is 24.4 Å². The van der Waals surface area contributed by atoms with Gasteiger partial charge in [0.15, 0.2) is 12.4 Å². The molecular formula is C14H17ClO7S. The molecule has 1 aromatic carbocycles. The third-order valence-electron chi connectivity index (χ3n) is 3.30. The van der Waals surface area contributed by atoms with Crippen LogP contribution in [0, 0.1) is 0 Å². The number of ether oxygens (including phenoxy) is 4. The number of hydrogen-bond acceptors (Lipinski definition) is 8. The topological polar surface area (TPSA) is 97.6 Å². The van der Waals surface area contributed by atoms with Crippen LogP contribution < -0.4 is 4.74 Å². The monoisotopic (exact) mass is 364 g/mol. The van der Waals surface area contributed by atoms with Crippen LogP contribution in [0.15, 0.2) is 24.3 Å². The first-order valence-electron chi connectivity index (χ1n) is 6.75. The van der Waals surface area contributed by atoms with Crippen molar-refractivity contribution in [1.29, 1.82) is 0 Å². The van der Waals surface area contributed by atoms with Crippen LogP contribution in [0.5, 0.6) is 5.75 Å². The lowest BCUT2D eigenvalue weighted by atomic mass is 9.99. The van der Waals surface area contributed by atoms with Crippen molar-refractivity contribution in [3.8, 4) is 5.75 Å². The van der Waals surface area contributed by atoms with Crippen LogP contribution in [0.1, 0.15) is 0 Å². The van der Waals surface area contributed by atoms with Crippen molar-refractivity contribution in [2.75, 3.05) is 13.7 Å². The smallest absolute Gasteiger partial charge is 0.358 e. The van der Waals surface area contributed by atoms with Crippen LogP contribution in [-0.4, -0.2) is 65.0 Å². The molecule has 7 nitrogen and oxygen atoms in total. The summed E-state index contributed by atoms with van der Waals surface area (Å²) in [5, 5.41) is 29.7. The summed E-state index contributed by atoms with van der Waals surface area (Å²) in [6, 6.07) is 6.40. The Labute approximate surface area is 143 Å². The SMILES string of the molecule is CO[C@H]1O[C@H](CO)[C@H](O)[C@H](OC(=S)Oc2ccc(Cl)cc2)[C@H]1O. The summed E-state index contributed by atoms with van der Waals surface area (Å²) in [7, 11) is 1.32. The fourth-order valence-electron chi connectivity index (χ4n) is 2.12. The van der Waals surface area contributed by atoms with E-state index in [4.69, 9.17) is 42.8 Å². The summed E-state index contributed by atoms with van der Waals surface area (Å²) < 4.78 is 20.8. The number of aliphatic hydroxyl groups excluding tert-OH is 3. The predicted molar refractivity (Wildman–Crippen MR) is 84.3 cm³/mol. The zero-order valence-corrected chi connectivity index (χ0v) is 13.7. The van der Waals surface area contributed by atoms with Crippen LogP contribution in [0.3, 0.4) is 0 Å². The molecule has 5 atom stereocenters. The molecule has 3 N–H and O–H groups in total. The van der Waals surface area contributed by atoms with Crippen LogP contribution in [0.2, 0.25) is 5.02 Å². The molecule has 0 saturated carbocycles. The van der Waals surface area contributed by atoms with Gasteiger partial charge in [-0.15, -0.1) is 0 Å². The van der Waals surface area contributed by atoms with Crippen molar-refractivity contribution in [2.24, 2.45) is 0 Å². The minimum absolute atomic E-state index is 0.302. The second-order valence-electron chi connectivity index (χ2n) is 4.83. The molecule has 128 valence electrons. The highest BCUT2D eigenvalue weighted by atomic mass is 35.5. The second-order valence-corrected chi connectivity index (χ2v) is 5.60. The van der Waals surface area contributed by atoms with Gasteiger partial charge in [0.25, 0.3) is 0 Å². The first kappa shape index (κ1) is 18.3. The number of aliphatic hydroxyl groups is 3. The van der Waals surface area contributed by atoms with Gasteiger partial charge in [-0.25, -0.2) is 0 Å². The van der Waals surface area contributed by atoms with Crippen molar-refractivity contribution in [3.05, 3.63) is 29.3 Å². The van der Waals surface area contributed by atoms with Gasteiger partial charge in [-0.05, 0) is 24.3 Å². The van der Waals surface area contributed by atoms with Gasteiger partial charge < -0.3 is 34.3 Å². The van der Waals surface area contributed by atoms with Gasteiger partial charge in [0.1, 0.15) is 24.1 Å². The Morgan fingerprint density at radius 1 is 1.26 bits per heavy atom. The van der Waals surface area contributed by atoms with Gasteiger partial charge in [-0.2, -0.15) is 0 Å². The Morgan fingerprint density at radius 3 is 2.48 bits per heavy atom. The highest BCUT2D eigenvalue weighted by molar-refractivity contribution is 7.79. The highest BCUT2D eigenvalue weighted by Crippen LogP contribution is 2.25. The fourth-order valence-corrected chi connectivity index (χ4v) is 2.45. The molecule has 1 fully saturated rings. The molecule has 0 unspecified atom stereocenters. The largest absolute Gasteiger partial charge is 0.447 e. The zero-order chi connectivity index (χ0) is 17.0. The van der Waals surface area contributed by atoms with Crippen LogP contribution in [0.4, 0.5) is 0 Å². The van der Waals surface area contributed by atoms with Gasteiger partial charge in [0.2, 0.25) is 0 Å². The summed E-state index contributed by atoms with van der Waals surface area (Å²) in [5.41, 5.74) is 0. The van der Waals surface area contributed by atoms with Crippen LogP contribution >= 0.6 is 23.8 Å². The maximum atomic E-state index is 10.1. The molecule has 1 aromatic rings. The standard InChI is InChI=1S/C14H17ClO7S/c1-19-13-11(18)12(10(17)9(6-16)21-13)22-14(23)20-8-4-2-7(15)3-5-8/h2-5,9-13,16-18H,6H2,1H3/t9-,10+,11-,12+,13+/m1/s1. The summed E-state index contributed by atoms with van der Waals surface area (Å²) in [4.78, 5) is 0. The molecule has 1 heterocycles. The maximum absolute atomic E-state index is 10.1. The molecule has 0 bridgehead atoms. The molecule has 23 heavy (non-hydrogen) atoms. The molecule has 9 heteroatoms. The van der Waals surface area contributed by atoms with Gasteiger partial charge in [-0.1, -0.05) is 11.6 Å². The third kappa shape index (κ3) is 4.51. The first-order valence-corrected chi connectivity index (χ1v) is 7.54. The Bertz CT molecular complexity index is 510. The predicted octanol–water partition coefficient (Wildman–Crippen LogP) is 0.474. The second kappa shape index (κ2) is 8.20. The van der Waals surface area contributed by atoms with Crippen molar-refractivity contribution >= 4 is 29.1 Å². The summed E-state index contributed by atoms with van der Waals surface area (Å²) in [5.74, 6) is 0.387. The van der Waals surface area contributed by atoms with Crippen LogP contribution in [0.25, 0.3) is 0 Å². The molecule has 2 rings (SSSR count). The Kier molecular flexibility index (Phi) is 6.54. The molecule has 0 radical (unpaired) electrons. The molecule has 1 aliphatic heterocycles. The average molecular weight is 365 g/mol. The quantitative estimate of drug-likeness (QED) is 0.663. The van der Waals surface area contributed by atoms with E-state index in [0.29, 0.717) is 10.8 Å². The number of rotatable bonds is 4. The highest BCUT2D eigenvalue weighted by Gasteiger charge is 2.46.